The van der Waals surface area contributed by atoms with Crippen LogP contribution < -0.4 is 5.32 Å². The van der Waals surface area contributed by atoms with Crippen molar-refractivity contribution in [2.75, 3.05) is 11.9 Å². The van der Waals surface area contributed by atoms with Crippen LogP contribution >= 0.6 is 15.9 Å². The van der Waals surface area contributed by atoms with Gasteiger partial charge in [-0.25, -0.2) is 18.0 Å². The molecule has 0 saturated carbocycles. The number of esters is 1. The van der Waals surface area contributed by atoms with Gasteiger partial charge in [0, 0.05) is 16.6 Å². The maximum Gasteiger partial charge on any atom is 0.331 e. The van der Waals surface area contributed by atoms with Gasteiger partial charge in [0.05, 0.1) is 5.69 Å². The first-order valence-corrected chi connectivity index (χ1v) is 7.69. The van der Waals surface area contributed by atoms with Crippen LogP contribution in [0.25, 0.3) is 6.08 Å². The minimum absolute atomic E-state index is 0.00989. The number of hydrogen-bond donors (Lipinski definition) is 1. The number of carbonyl (C=O) groups is 2. The first kappa shape index (κ1) is 18.7. The molecule has 8 heteroatoms. The molecule has 0 unspecified atom stereocenters. The van der Waals surface area contributed by atoms with Crippen molar-refractivity contribution in [3.8, 4) is 0 Å². The molecule has 0 spiro atoms. The van der Waals surface area contributed by atoms with Gasteiger partial charge >= 0.3 is 5.97 Å². The molecule has 25 heavy (non-hydrogen) atoms. The maximum absolute atomic E-state index is 13.6. The summed E-state index contributed by atoms with van der Waals surface area (Å²) in [5.41, 5.74) is 0.177. The zero-order chi connectivity index (χ0) is 18.4. The van der Waals surface area contributed by atoms with E-state index in [4.69, 9.17) is 0 Å². The maximum atomic E-state index is 13.6. The van der Waals surface area contributed by atoms with E-state index in [2.05, 4.69) is 26.0 Å². The van der Waals surface area contributed by atoms with Crippen molar-refractivity contribution in [2.24, 2.45) is 0 Å². The van der Waals surface area contributed by atoms with Crippen molar-refractivity contribution in [1.29, 1.82) is 0 Å². The third kappa shape index (κ3) is 5.75. The summed E-state index contributed by atoms with van der Waals surface area (Å²) >= 11 is 2.92. The number of hydrogen-bond acceptors (Lipinski definition) is 3. The van der Waals surface area contributed by atoms with Crippen molar-refractivity contribution in [3.05, 3.63) is 70.0 Å². The fraction of sp³-hybridized carbons (Fsp3) is 0.0588. The standard InChI is InChI=1S/C17H11BrF3NO3/c18-13-7-12(20)8-14(21)17(13)22-15(23)9-25-16(24)5-4-10-2-1-3-11(19)6-10/h1-8H,9H2,(H,22,23)/b5-4+. The molecule has 0 saturated heterocycles. The average Bonchev–Trinajstić information content (AvgIpc) is 2.54. The van der Waals surface area contributed by atoms with E-state index in [0.717, 1.165) is 12.1 Å². The van der Waals surface area contributed by atoms with Crippen LogP contribution in [-0.2, 0) is 14.3 Å². The lowest BCUT2D eigenvalue weighted by atomic mass is 10.2. The molecule has 0 heterocycles. The molecule has 130 valence electrons. The predicted octanol–water partition coefficient (Wildman–Crippen LogP) is 4.06. The fourth-order valence-electron chi connectivity index (χ4n) is 1.80. The highest BCUT2D eigenvalue weighted by atomic mass is 79.9. The van der Waals surface area contributed by atoms with E-state index in [1.807, 2.05) is 0 Å². The Kier molecular flexibility index (Phi) is 6.35. The normalized spacial score (nSPS) is 10.7. The van der Waals surface area contributed by atoms with Crippen molar-refractivity contribution < 1.29 is 27.5 Å². The highest BCUT2D eigenvalue weighted by Gasteiger charge is 2.13. The van der Waals surface area contributed by atoms with E-state index >= 15 is 0 Å². The number of amides is 1. The monoisotopic (exact) mass is 413 g/mol. The lowest BCUT2D eigenvalue weighted by Gasteiger charge is -2.08. The molecule has 0 bridgehead atoms. The largest absolute Gasteiger partial charge is 0.452 e. The molecule has 1 amide bonds. The molecule has 2 aromatic carbocycles. The van der Waals surface area contributed by atoms with Gasteiger partial charge in [-0.2, -0.15) is 0 Å². The van der Waals surface area contributed by atoms with Gasteiger partial charge in [0.25, 0.3) is 5.91 Å². The van der Waals surface area contributed by atoms with E-state index < -0.39 is 35.9 Å². The quantitative estimate of drug-likeness (QED) is 0.593. The summed E-state index contributed by atoms with van der Waals surface area (Å²) in [7, 11) is 0. The molecule has 0 aliphatic heterocycles. The second kappa shape index (κ2) is 8.48. The Bertz CT molecular complexity index is 817. The summed E-state index contributed by atoms with van der Waals surface area (Å²) in [4.78, 5) is 23.2. The topological polar surface area (TPSA) is 55.4 Å². The molecule has 2 rings (SSSR count). The van der Waals surface area contributed by atoms with Crippen molar-refractivity contribution in [1.82, 2.24) is 0 Å². The van der Waals surface area contributed by atoms with Gasteiger partial charge in [0.1, 0.15) is 11.6 Å². The van der Waals surface area contributed by atoms with Crippen molar-refractivity contribution in [3.63, 3.8) is 0 Å². The Morgan fingerprint density at radius 1 is 1.12 bits per heavy atom. The van der Waals surface area contributed by atoms with Gasteiger partial charge in [-0.15, -0.1) is 0 Å². The zero-order valence-corrected chi connectivity index (χ0v) is 14.1. The number of rotatable bonds is 5. The third-order valence-electron chi connectivity index (χ3n) is 2.88. The number of halogens is 4. The number of benzene rings is 2. The van der Waals surface area contributed by atoms with Crippen LogP contribution in [0.4, 0.5) is 18.9 Å². The first-order valence-electron chi connectivity index (χ1n) is 6.90. The summed E-state index contributed by atoms with van der Waals surface area (Å²) in [6, 6.07) is 7.11. The highest BCUT2D eigenvalue weighted by molar-refractivity contribution is 9.10. The van der Waals surface area contributed by atoms with Gasteiger partial charge in [-0.3, -0.25) is 4.79 Å². The van der Waals surface area contributed by atoms with Gasteiger partial charge in [0.2, 0.25) is 0 Å². The van der Waals surface area contributed by atoms with Crippen LogP contribution in [-0.4, -0.2) is 18.5 Å². The van der Waals surface area contributed by atoms with Crippen molar-refractivity contribution in [2.45, 2.75) is 0 Å². The minimum Gasteiger partial charge on any atom is -0.452 e. The van der Waals surface area contributed by atoms with E-state index in [0.29, 0.717) is 11.6 Å². The summed E-state index contributed by atoms with van der Waals surface area (Å²) in [5, 5.41) is 2.16. The van der Waals surface area contributed by atoms with Gasteiger partial charge < -0.3 is 10.1 Å². The molecule has 0 atom stereocenters. The van der Waals surface area contributed by atoms with Crippen LogP contribution in [0.15, 0.2) is 46.9 Å². The van der Waals surface area contributed by atoms with Gasteiger partial charge in [-0.1, -0.05) is 12.1 Å². The molecule has 0 radical (unpaired) electrons. The summed E-state index contributed by atoms with van der Waals surface area (Å²) in [6.45, 7) is -0.671. The summed E-state index contributed by atoms with van der Waals surface area (Å²) in [6.07, 6.45) is 2.34. The van der Waals surface area contributed by atoms with E-state index in [1.165, 1.54) is 24.3 Å². The molecule has 2 aromatic rings. The van der Waals surface area contributed by atoms with E-state index in [-0.39, 0.29) is 10.2 Å². The van der Waals surface area contributed by atoms with E-state index in [9.17, 15) is 22.8 Å². The first-order chi connectivity index (χ1) is 11.8. The lowest BCUT2D eigenvalue weighted by molar-refractivity contribution is -0.142. The molecule has 0 aliphatic rings. The van der Waals surface area contributed by atoms with E-state index in [1.54, 1.807) is 6.07 Å². The Balaban J connectivity index is 1.88. The van der Waals surface area contributed by atoms with Crippen molar-refractivity contribution >= 4 is 39.6 Å². The minimum atomic E-state index is -0.974. The molecule has 1 N–H and O–H groups in total. The van der Waals surface area contributed by atoms with Crippen LogP contribution in [0, 0.1) is 17.5 Å². The second-order valence-electron chi connectivity index (χ2n) is 4.79. The second-order valence-corrected chi connectivity index (χ2v) is 5.64. The average molecular weight is 414 g/mol. The van der Waals surface area contributed by atoms with Gasteiger partial charge in [-0.05, 0) is 45.8 Å². The molecule has 0 fully saturated rings. The Morgan fingerprint density at radius 3 is 2.56 bits per heavy atom. The lowest BCUT2D eigenvalue weighted by Crippen LogP contribution is -2.21. The molecular weight excluding hydrogens is 403 g/mol. The molecule has 4 nitrogen and oxygen atoms in total. The van der Waals surface area contributed by atoms with Crippen LogP contribution in [0.1, 0.15) is 5.56 Å². The number of nitrogens with one attached hydrogen (secondary N) is 1. The van der Waals surface area contributed by atoms with Crippen LogP contribution in [0.5, 0.6) is 0 Å². The third-order valence-corrected chi connectivity index (χ3v) is 3.50. The molecule has 0 aliphatic carbocycles. The zero-order valence-electron chi connectivity index (χ0n) is 12.6. The Hall–Kier alpha value is -2.61. The molecule has 0 aromatic heterocycles. The molecular formula is C17H11BrF3NO3. The Morgan fingerprint density at radius 2 is 1.88 bits per heavy atom. The Labute approximate surface area is 149 Å². The SMILES string of the molecule is O=C(COC(=O)/C=C/c1cccc(F)c1)Nc1c(F)cc(F)cc1Br. The predicted molar refractivity (Wildman–Crippen MR) is 89.1 cm³/mol. The van der Waals surface area contributed by atoms with Gasteiger partial charge in [0.15, 0.2) is 12.4 Å². The fourth-order valence-corrected chi connectivity index (χ4v) is 2.30. The number of carbonyl (C=O) groups excluding carboxylic acids is 2. The number of ether oxygens (including phenoxy) is 1. The van der Waals surface area contributed by atoms with Crippen LogP contribution in [0.2, 0.25) is 0 Å². The summed E-state index contributed by atoms with van der Waals surface area (Å²) < 4.78 is 44.2. The highest BCUT2D eigenvalue weighted by Crippen LogP contribution is 2.26. The number of anilines is 1. The van der Waals surface area contributed by atoms with Crippen LogP contribution in [0.3, 0.4) is 0 Å². The summed E-state index contributed by atoms with van der Waals surface area (Å²) in [5.74, 6) is -3.88. The smallest absolute Gasteiger partial charge is 0.331 e.